The standard InChI is InChI=1S/C13H24N4O4/c1-11(2,9(20)16-12(3,4)7(14)18)10(21)17-13(5,6)8(15)19/h1-6H3,(H2,14,18)(H2,15,19)(H,16,20)(H,17,21). The van der Waals surface area contributed by atoms with Gasteiger partial charge < -0.3 is 22.1 Å². The van der Waals surface area contributed by atoms with Crippen molar-refractivity contribution in [3.8, 4) is 0 Å². The summed E-state index contributed by atoms with van der Waals surface area (Å²) in [5.41, 5.74) is 6.22. The predicted molar refractivity (Wildman–Crippen MR) is 76.6 cm³/mol. The zero-order chi connectivity index (χ0) is 17.2. The van der Waals surface area contributed by atoms with E-state index in [4.69, 9.17) is 11.5 Å². The number of rotatable bonds is 6. The molecule has 0 fully saturated rings. The Kier molecular flexibility index (Phi) is 5.13. The number of nitrogens with two attached hydrogens (primary N) is 2. The van der Waals surface area contributed by atoms with Crippen LogP contribution < -0.4 is 22.1 Å². The number of hydrogen-bond acceptors (Lipinski definition) is 4. The van der Waals surface area contributed by atoms with E-state index in [0.29, 0.717) is 0 Å². The Hall–Kier alpha value is -2.12. The summed E-state index contributed by atoms with van der Waals surface area (Å²) >= 11 is 0. The van der Waals surface area contributed by atoms with Gasteiger partial charge in [0.15, 0.2) is 0 Å². The molecule has 0 unspecified atom stereocenters. The van der Waals surface area contributed by atoms with Crippen molar-refractivity contribution in [3.63, 3.8) is 0 Å². The molecule has 0 saturated carbocycles. The van der Waals surface area contributed by atoms with Crippen LogP contribution in [-0.2, 0) is 19.2 Å². The van der Waals surface area contributed by atoms with Crippen LogP contribution in [0.2, 0.25) is 0 Å². The van der Waals surface area contributed by atoms with E-state index >= 15 is 0 Å². The van der Waals surface area contributed by atoms with E-state index < -0.39 is 40.1 Å². The van der Waals surface area contributed by atoms with Gasteiger partial charge in [-0.1, -0.05) is 0 Å². The third kappa shape index (κ3) is 4.44. The Labute approximate surface area is 124 Å². The van der Waals surface area contributed by atoms with E-state index in [1.54, 1.807) is 0 Å². The fourth-order valence-electron chi connectivity index (χ4n) is 1.11. The molecule has 0 heterocycles. The fourth-order valence-corrected chi connectivity index (χ4v) is 1.11. The summed E-state index contributed by atoms with van der Waals surface area (Å²) in [4.78, 5) is 46.8. The molecule has 8 heteroatoms. The number of carbonyl (C=O) groups excluding carboxylic acids is 4. The predicted octanol–water partition coefficient (Wildman–Crippen LogP) is -1.23. The molecule has 0 aromatic rings. The number of carbonyl (C=O) groups is 4. The average Bonchev–Trinajstić information content (AvgIpc) is 2.26. The lowest BCUT2D eigenvalue weighted by molar-refractivity contribution is -0.146. The Morgan fingerprint density at radius 3 is 1.10 bits per heavy atom. The molecule has 0 bridgehead atoms. The van der Waals surface area contributed by atoms with Crippen LogP contribution in [0.1, 0.15) is 41.5 Å². The summed E-state index contributed by atoms with van der Waals surface area (Å²) < 4.78 is 0. The van der Waals surface area contributed by atoms with Gasteiger partial charge in [-0.15, -0.1) is 0 Å². The number of nitrogens with one attached hydrogen (secondary N) is 2. The molecule has 8 nitrogen and oxygen atoms in total. The van der Waals surface area contributed by atoms with E-state index in [-0.39, 0.29) is 0 Å². The van der Waals surface area contributed by atoms with Crippen LogP contribution in [0, 0.1) is 5.41 Å². The summed E-state index contributed by atoms with van der Waals surface area (Å²) in [6.45, 7) is 8.43. The van der Waals surface area contributed by atoms with Crippen LogP contribution in [0.15, 0.2) is 0 Å². The number of hydrogen-bond donors (Lipinski definition) is 4. The van der Waals surface area contributed by atoms with E-state index in [0.717, 1.165) is 0 Å². The van der Waals surface area contributed by atoms with Crippen molar-refractivity contribution in [2.75, 3.05) is 0 Å². The monoisotopic (exact) mass is 300 g/mol. The summed E-state index contributed by atoms with van der Waals surface area (Å²) in [7, 11) is 0. The van der Waals surface area contributed by atoms with Crippen molar-refractivity contribution in [3.05, 3.63) is 0 Å². The average molecular weight is 300 g/mol. The molecule has 0 aliphatic rings. The first-order valence-electron chi connectivity index (χ1n) is 6.39. The first kappa shape index (κ1) is 18.9. The van der Waals surface area contributed by atoms with Gasteiger partial charge in [0.2, 0.25) is 23.6 Å². The molecule has 0 saturated heterocycles. The minimum atomic E-state index is -1.51. The lowest BCUT2D eigenvalue weighted by atomic mass is 9.88. The highest BCUT2D eigenvalue weighted by Gasteiger charge is 2.42. The van der Waals surface area contributed by atoms with Gasteiger partial charge in [-0.3, -0.25) is 19.2 Å². The maximum atomic E-state index is 12.2. The molecule has 0 radical (unpaired) electrons. The number of amides is 4. The molecular weight excluding hydrogens is 276 g/mol. The highest BCUT2D eigenvalue weighted by molar-refractivity contribution is 6.07. The normalized spacial score (nSPS) is 12.5. The minimum Gasteiger partial charge on any atom is -0.368 e. The van der Waals surface area contributed by atoms with Gasteiger partial charge in [0.05, 0.1) is 0 Å². The quantitative estimate of drug-likeness (QED) is 0.455. The van der Waals surface area contributed by atoms with Crippen molar-refractivity contribution < 1.29 is 19.2 Å². The van der Waals surface area contributed by atoms with Gasteiger partial charge >= 0.3 is 0 Å². The largest absolute Gasteiger partial charge is 0.368 e. The van der Waals surface area contributed by atoms with Gasteiger partial charge in [-0.2, -0.15) is 0 Å². The second-order valence-electron chi connectivity index (χ2n) is 6.51. The van der Waals surface area contributed by atoms with Crippen LogP contribution in [0.25, 0.3) is 0 Å². The molecule has 6 N–H and O–H groups in total. The van der Waals surface area contributed by atoms with Crippen molar-refractivity contribution >= 4 is 23.6 Å². The molecule has 0 aromatic carbocycles. The Morgan fingerprint density at radius 2 is 0.905 bits per heavy atom. The van der Waals surface area contributed by atoms with E-state index in [1.165, 1.54) is 41.5 Å². The van der Waals surface area contributed by atoms with Gasteiger partial charge in [0.25, 0.3) is 0 Å². The van der Waals surface area contributed by atoms with E-state index in [1.807, 2.05) is 0 Å². The molecule has 0 aliphatic carbocycles. The third-order valence-corrected chi connectivity index (χ3v) is 3.22. The van der Waals surface area contributed by atoms with Crippen LogP contribution in [0.5, 0.6) is 0 Å². The SMILES string of the molecule is CC(C)(NC(=O)C(C)(C)C(=O)NC(C)(C)C(N)=O)C(N)=O. The Morgan fingerprint density at radius 1 is 0.667 bits per heavy atom. The minimum absolute atomic E-state index is 0.691. The van der Waals surface area contributed by atoms with Crippen molar-refractivity contribution in [1.29, 1.82) is 0 Å². The fraction of sp³-hybridized carbons (Fsp3) is 0.692. The lowest BCUT2D eigenvalue weighted by Gasteiger charge is -2.32. The smallest absolute Gasteiger partial charge is 0.242 e. The third-order valence-electron chi connectivity index (χ3n) is 3.22. The van der Waals surface area contributed by atoms with Crippen molar-refractivity contribution in [2.24, 2.45) is 16.9 Å². The molecule has 0 rings (SSSR count). The zero-order valence-electron chi connectivity index (χ0n) is 13.3. The molecule has 120 valence electrons. The first-order chi connectivity index (χ1) is 9.14. The molecule has 21 heavy (non-hydrogen) atoms. The maximum absolute atomic E-state index is 12.2. The maximum Gasteiger partial charge on any atom is 0.242 e. The molecule has 4 amide bonds. The van der Waals surface area contributed by atoms with Crippen LogP contribution in [-0.4, -0.2) is 34.7 Å². The summed E-state index contributed by atoms with van der Waals surface area (Å²) in [6, 6.07) is 0. The van der Waals surface area contributed by atoms with Crippen LogP contribution in [0.3, 0.4) is 0 Å². The molecule has 0 spiro atoms. The van der Waals surface area contributed by atoms with Gasteiger partial charge in [-0.25, -0.2) is 0 Å². The highest BCUT2D eigenvalue weighted by Crippen LogP contribution is 2.19. The van der Waals surface area contributed by atoms with Crippen LogP contribution >= 0.6 is 0 Å². The highest BCUT2D eigenvalue weighted by atomic mass is 16.2. The molecule has 0 aliphatic heterocycles. The Bertz CT molecular complexity index is 439. The van der Waals surface area contributed by atoms with Gasteiger partial charge in [-0.05, 0) is 41.5 Å². The molecule has 0 aromatic heterocycles. The molecular formula is C13H24N4O4. The summed E-state index contributed by atoms with van der Waals surface area (Å²) in [6.07, 6.45) is 0. The second kappa shape index (κ2) is 5.71. The van der Waals surface area contributed by atoms with E-state index in [9.17, 15) is 19.2 Å². The lowest BCUT2D eigenvalue weighted by Crippen LogP contribution is -2.61. The van der Waals surface area contributed by atoms with Gasteiger partial charge in [0.1, 0.15) is 16.5 Å². The Balaban J connectivity index is 5.13. The van der Waals surface area contributed by atoms with Crippen LogP contribution in [0.4, 0.5) is 0 Å². The second-order valence-corrected chi connectivity index (χ2v) is 6.51. The summed E-state index contributed by atoms with van der Waals surface area (Å²) in [5.74, 6) is -2.85. The van der Waals surface area contributed by atoms with E-state index in [2.05, 4.69) is 10.6 Å². The van der Waals surface area contributed by atoms with Gasteiger partial charge in [0, 0.05) is 0 Å². The number of primary amides is 2. The van der Waals surface area contributed by atoms with Crippen molar-refractivity contribution in [2.45, 2.75) is 52.6 Å². The first-order valence-corrected chi connectivity index (χ1v) is 6.39. The van der Waals surface area contributed by atoms with Crippen molar-refractivity contribution in [1.82, 2.24) is 10.6 Å². The molecule has 0 atom stereocenters. The topological polar surface area (TPSA) is 144 Å². The summed E-state index contributed by atoms with van der Waals surface area (Å²) in [5, 5.41) is 4.80. The zero-order valence-corrected chi connectivity index (χ0v) is 13.3.